The van der Waals surface area contributed by atoms with Crippen LogP contribution >= 0.6 is 31.9 Å². The zero-order valence-corrected chi connectivity index (χ0v) is 29.0. The fourth-order valence-corrected chi connectivity index (χ4v) is 5.40. The molecule has 7 nitrogen and oxygen atoms in total. The summed E-state index contributed by atoms with van der Waals surface area (Å²) < 4.78 is 19.0. The number of amides is 2. The quantitative estimate of drug-likeness (QED) is 0.135. The molecule has 0 aromatic heterocycles. The normalized spacial score (nSPS) is 12.1. The monoisotopic (exact) mass is 736 g/mol. The Hall–Kier alpha value is -3.82. The van der Waals surface area contributed by atoms with E-state index < -0.39 is 0 Å². The molecular weight excluding hydrogens is 700 g/mol. The molecule has 236 valence electrons. The number of benzene rings is 4. The Labute approximate surface area is 281 Å². The van der Waals surface area contributed by atoms with E-state index in [4.69, 9.17) is 14.2 Å². The van der Waals surface area contributed by atoms with Crippen LogP contribution in [0.25, 0.3) is 0 Å². The minimum Gasteiger partial charge on any atom is -0.483 e. The third kappa shape index (κ3) is 10.1. The van der Waals surface area contributed by atoms with E-state index in [2.05, 4.69) is 70.2 Å². The predicted octanol–water partition coefficient (Wildman–Crippen LogP) is 10.1. The summed E-state index contributed by atoms with van der Waals surface area (Å²) in [7, 11) is 0. The van der Waals surface area contributed by atoms with Gasteiger partial charge in [0.2, 0.25) is 0 Å². The molecule has 0 saturated heterocycles. The highest BCUT2D eigenvalue weighted by Crippen LogP contribution is 2.31. The molecule has 2 amide bonds. The predicted molar refractivity (Wildman–Crippen MR) is 187 cm³/mol. The van der Waals surface area contributed by atoms with Gasteiger partial charge in [0.05, 0.1) is 8.95 Å². The van der Waals surface area contributed by atoms with Crippen molar-refractivity contribution in [3.05, 3.63) is 105 Å². The number of carbonyl (C=O) groups is 2. The molecule has 0 spiro atoms. The van der Waals surface area contributed by atoms with Crippen LogP contribution in [0.1, 0.15) is 63.5 Å². The molecule has 45 heavy (non-hydrogen) atoms. The molecule has 2 unspecified atom stereocenters. The number of carbonyl (C=O) groups excluding carboxylic acids is 2. The summed E-state index contributed by atoms with van der Waals surface area (Å²) in [5.41, 5.74) is 3.70. The summed E-state index contributed by atoms with van der Waals surface area (Å²) in [5, 5.41) is 5.66. The van der Waals surface area contributed by atoms with E-state index in [-0.39, 0.29) is 25.0 Å². The number of halogens is 2. The minimum absolute atomic E-state index is 0.114. The molecule has 9 heteroatoms. The van der Waals surface area contributed by atoms with Crippen molar-refractivity contribution < 1.29 is 23.8 Å². The molecule has 0 aliphatic rings. The first-order valence-corrected chi connectivity index (χ1v) is 16.6. The summed E-state index contributed by atoms with van der Waals surface area (Å²) in [5.74, 6) is 2.82. The second-order valence-electron chi connectivity index (χ2n) is 10.8. The first-order valence-electron chi connectivity index (χ1n) is 15.0. The Morgan fingerprint density at radius 3 is 1.33 bits per heavy atom. The first-order chi connectivity index (χ1) is 21.6. The van der Waals surface area contributed by atoms with Crippen molar-refractivity contribution in [2.24, 2.45) is 0 Å². The highest BCUT2D eigenvalue weighted by atomic mass is 79.9. The van der Waals surface area contributed by atoms with Crippen LogP contribution in [-0.4, -0.2) is 25.0 Å². The minimum atomic E-state index is -0.267. The molecule has 0 heterocycles. The van der Waals surface area contributed by atoms with Gasteiger partial charge in [-0.25, -0.2) is 0 Å². The van der Waals surface area contributed by atoms with Crippen LogP contribution < -0.4 is 24.8 Å². The Morgan fingerprint density at radius 2 is 1.00 bits per heavy atom. The number of nitrogens with one attached hydrogen (secondary N) is 2. The molecular formula is C36H38Br2N2O5. The number of hydrogen-bond donors (Lipinski definition) is 2. The fourth-order valence-electron chi connectivity index (χ4n) is 4.38. The van der Waals surface area contributed by atoms with Crippen LogP contribution in [0.4, 0.5) is 11.4 Å². The topological polar surface area (TPSA) is 85.9 Å². The van der Waals surface area contributed by atoms with Crippen LogP contribution in [0.5, 0.6) is 23.0 Å². The third-order valence-electron chi connectivity index (χ3n) is 7.50. The summed E-state index contributed by atoms with van der Waals surface area (Å²) in [4.78, 5) is 24.9. The van der Waals surface area contributed by atoms with Crippen LogP contribution in [0.2, 0.25) is 0 Å². The second kappa shape index (κ2) is 16.5. The van der Waals surface area contributed by atoms with Crippen LogP contribution in [-0.2, 0) is 9.59 Å². The SMILES string of the molecule is CCC(C)c1ccc(OCC(=O)Nc2ccc(Oc3ccc(NC(=O)COc4ccc(C(C)CC)cc4Br)cc3)cc2)c(Br)c1. The molecule has 0 fully saturated rings. The lowest BCUT2D eigenvalue weighted by Gasteiger charge is -2.13. The summed E-state index contributed by atoms with van der Waals surface area (Å²) in [6, 6.07) is 26.0. The second-order valence-corrected chi connectivity index (χ2v) is 12.5. The van der Waals surface area contributed by atoms with Gasteiger partial charge in [0, 0.05) is 11.4 Å². The Bertz CT molecular complexity index is 1470. The lowest BCUT2D eigenvalue weighted by molar-refractivity contribution is -0.118. The van der Waals surface area contributed by atoms with Gasteiger partial charge >= 0.3 is 0 Å². The highest BCUT2D eigenvalue weighted by Gasteiger charge is 2.12. The van der Waals surface area contributed by atoms with E-state index >= 15 is 0 Å². The summed E-state index contributed by atoms with van der Waals surface area (Å²) in [6.07, 6.45) is 2.10. The van der Waals surface area contributed by atoms with Gasteiger partial charge in [-0.15, -0.1) is 0 Å². The van der Waals surface area contributed by atoms with E-state index in [9.17, 15) is 9.59 Å². The van der Waals surface area contributed by atoms with Gasteiger partial charge in [0.25, 0.3) is 11.8 Å². The van der Waals surface area contributed by atoms with Crippen molar-refractivity contribution in [3.8, 4) is 23.0 Å². The maximum Gasteiger partial charge on any atom is 0.262 e. The first kappa shape index (κ1) is 34.1. The van der Waals surface area contributed by atoms with Gasteiger partial charge in [-0.1, -0.05) is 39.8 Å². The molecule has 0 aliphatic carbocycles. The van der Waals surface area contributed by atoms with E-state index in [1.54, 1.807) is 48.5 Å². The Morgan fingerprint density at radius 1 is 0.622 bits per heavy atom. The van der Waals surface area contributed by atoms with Crippen LogP contribution in [0, 0.1) is 0 Å². The number of rotatable bonds is 14. The van der Waals surface area contributed by atoms with Gasteiger partial charge in [-0.3, -0.25) is 9.59 Å². The van der Waals surface area contributed by atoms with Crippen molar-refractivity contribution >= 4 is 55.0 Å². The molecule has 4 aromatic carbocycles. The van der Waals surface area contributed by atoms with Crippen LogP contribution in [0.15, 0.2) is 93.9 Å². The van der Waals surface area contributed by atoms with Gasteiger partial charge in [0.1, 0.15) is 23.0 Å². The molecule has 4 rings (SSSR count). The smallest absolute Gasteiger partial charge is 0.262 e. The average molecular weight is 739 g/mol. The maximum absolute atomic E-state index is 12.5. The Balaban J connectivity index is 1.21. The molecule has 0 aliphatic heterocycles. The number of ether oxygens (including phenoxy) is 3. The van der Waals surface area contributed by atoms with E-state index in [0.29, 0.717) is 46.2 Å². The molecule has 0 bridgehead atoms. The zero-order chi connectivity index (χ0) is 32.3. The molecule has 2 atom stereocenters. The average Bonchev–Trinajstić information content (AvgIpc) is 3.04. The third-order valence-corrected chi connectivity index (χ3v) is 8.74. The van der Waals surface area contributed by atoms with E-state index in [0.717, 1.165) is 21.8 Å². The lowest BCUT2D eigenvalue weighted by Crippen LogP contribution is -2.20. The molecule has 4 aromatic rings. The van der Waals surface area contributed by atoms with Gasteiger partial charge in [0.15, 0.2) is 13.2 Å². The maximum atomic E-state index is 12.5. The highest BCUT2D eigenvalue weighted by molar-refractivity contribution is 9.10. The van der Waals surface area contributed by atoms with E-state index in [1.807, 2.05) is 36.4 Å². The zero-order valence-electron chi connectivity index (χ0n) is 25.9. The molecule has 0 saturated carbocycles. The van der Waals surface area contributed by atoms with Crippen molar-refractivity contribution in [1.82, 2.24) is 0 Å². The van der Waals surface area contributed by atoms with Crippen molar-refractivity contribution in [3.63, 3.8) is 0 Å². The summed E-state index contributed by atoms with van der Waals surface area (Å²) in [6.45, 7) is 8.43. The summed E-state index contributed by atoms with van der Waals surface area (Å²) >= 11 is 7.08. The number of hydrogen-bond acceptors (Lipinski definition) is 5. The van der Waals surface area contributed by atoms with Gasteiger partial charge < -0.3 is 24.8 Å². The van der Waals surface area contributed by atoms with E-state index in [1.165, 1.54) is 11.1 Å². The van der Waals surface area contributed by atoms with Crippen molar-refractivity contribution in [1.29, 1.82) is 0 Å². The standard InChI is InChI=1S/C36H38Br2N2O5/c1-5-23(3)25-7-17-33(31(37)19-25)43-21-35(41)39-27-9-13-29(14-10-27)45-30-15-11-28(12-16-30)40-36(42)22-44-34-18-8-26(20-32(34)38)24(4)6-2/h7-20,23-24H,5-6,21-22H2,1-4H3,(H,39,41)(H,40,42). The van der Waals surface area contributed by atoms with Gasteiger partial charge in [-0.05, 0) is 140 Å². The Kier molecular flexibility index (Phi) is 12.5. The lowest BCUT2D eigenvalue weighted by atomic mass is 9.99. The molecule has 0 radical (unpaired) electrons. The largest absolute Gasteiger partial charge is 0.483 e. The van der Waals surface area contributed by atoms with Crippen molar-refractivity contribution in [2.45, 2.75) is 52.4 Å². The number of anilines is 2. The molecule has 2 N–H and O–H groups in total. The van der Waals surface area contributed by atoms with Crippen molar-refractivity contribution in [2.75, 3.05) is 23.8 Å². The fraction of sp³-hybridized carbons (Fsp3) is 0.278. The van der Waals surface area contributed by atoms with Gasteiger partial charge in [-0.2, -0.15) is 0 Å². The van der Waals surface area contributed by atoms with Crippen LogP contribution in [0.3, 0.4) is 0 Å².